The standard InChI is InChI=1S/C21H14N2O4/c1-25-21(24)15-6-3-7-17-19(15)23-20(27-17)14-5-2-4-12-10-16(22-18(12)14)13-8-9-26-11-13/h2-9,11H,10H2,1H3. The van der Waals surface area contributed by atoms with Crippen molar-refractivity contribution in [1.29, 1.82) is 0 Å². The summed E-state index contributed by atoms with van der Waals surface area (Å²) in [5.74, 6) is -0.0191. The van der Waals surface area contributed by atoms with Crippen LogP contribution >= 0.6 is 0 Å². The van der Waals surface area contributed by atoms with Crippen LogP contribution in [0.1, 0.15) is 21.5 Å². The lowest BCUT2D eigenvalue weighted by molar-refractivity contribution is 0.0602. The van der Waals surface area contributed by atoms with Gasteiger partial charge in [-0.1, -0.05) is 18.2 Å². The molecule has 27 heavy (non-hydrogen) atoms. The molecule has 2 aromatic heterocycles. The smallest absolute Gasteiger partial charge is 0.340 e. The molecule has 6 heteroatoms. The van der Waals surface area contributed by atoms with Gasteiger partial charge in [-0.25, -0.2) is 9.78 Å². The Kier molecular flexibility index (Phi) is 3.43. The Morgan fingerprint density at radius 1 is 1.15 bits per heavy atom. The number of rotatable bonds is 3. The largest absolute Gasteiger partial charge is 0.472 e. The molecule has 0 saturated heterocycles. The Labute approximate surface area is 154 Å². The number of esters is 1. The summed E-state index contributed by atoms with van der Waals surface area (Å²) in [6.07, 6.45) is 4.04. The van der Waals surface area contributed by atoms with Gasteiger partial charge in [0.15, 0.2) is 5.58 Å². The van der Waals surface area contributed by atoms with Crippen LogP contribution < -0.4 is 0 Å². The molecule has 0 fully saturated rings. The summed E-state index contributed by atoms with van der Waals surface area (Å²) in [4.78, 5) is 21.3. The van der Waals surface area contributed by atoms with Gasteiger partial charge in [0.2, 0.25) is 5.89 Å². The van der Waals surface area contributed by atoms with Gasteiger partial charge < -0.3 is 13.6 Å². The molecule has 1 aliphatic rings. The Morgan fingerprint density at radius 3 is 2.85 bits per heavy atom. The van der Waals surface area contributed by atoms with Crippen LogP contribution in [-0.2, 0) is 11.2 Å². The molecule has 2 aromatic carbocycles. The SMILES string of the molecule is COC(=O)c1cccc2oc(-c3cccc4c3N=C(c3ccoc3)C4)nc12. The second-order valence-electron chi connectivity index (χ2n) is 6.22. The fraction of sp³-hybridized carbons (Fsp3) is 0.0952. The topological polar surface area (TPSA) is 77.8 Å². The maximum Gasteiger partial charge on any atom is 0.340 e. The van der Waals surface area contributed by atoms with Gasteiger partial charge in [-0.05, 0) is 29.8 Å². The van der Waals surface area contributed by atoms with Gasteiger partial charge >= 0.3 is 5.97 Å². The molecule has 6 nitrogen and oxygen atoms in total. The minimum atomic E-state index is -0.445. The lowest BCUT2D eigenvalue weighted by Crippen LogP contribution is -2.01. The van der Waals surface area contributed by atoms with Crippen molar-refractivity contribution >= 4 is 28.5 Å². The van der Waals surface area contributed by atoms with Crippen LogP contribution in [0.15, 0.2) is 68.8 Å². The van der Waals surface area contributed by atoms with E-state index in [1.165, 1.54) is 7.11 Å². The van der Waals surface area contributed by atoms with Crippen molar-refractivity contribution in [3.8, 4) is 11.5 Å². The van der Waals surface area contributed by atoms with E-state index >= 15 is 0 Å². The normalized spacial score (nSPS) is 12.9. The van der Waals surface area contributed by atoms with Crippen molar-refractivity contribution in [2.45, 2.75) is 6.42 Å². The van der Waals surface area contributed by atoms with Crippen molar-refractivity contribution < 1.29 is 18.4 Å². The molecule has 0 aliphatic carbocycles. The number of para-hydroxylation sites is 2. The fourth-order valence-corrected chi connectivity index (χ4v) is 3.33. The van der Waals surface area contributed by atoms with E-state index in [0.717, 1.165) is 34.5 Å². The van der Waals surface area contributed by atoms with Crippen molar-refractivity contribution in [2.24, 2.45) is 4.99 Å². The molecular weight excluding hydrogens is 344 g/mol. The Hall–Kier alpha value is -3.67. The van der Waals surface area contributed by atoms with E-state index in [2.05, 4.69) is 4.98 Å². The van der Waals surface area contributed by atoms with Gasteiger partial charge in [0.05, 0.1) is 42.2 Å². The molecule has 0 radical (unpaired) electrons. The van der Waals surface area contributed by atoms with Crippen molar-refractivity contribution in [2.75, 3.05) is 7.11 Å². The zero-order valence-corrected chi connectivity index (χ0v) is 14.4. The summed E-state index contributed by atoms with van der Waals surface area (Å²) in [5.41, 5.74) is 6.01. The van der Waals surface area contributed by atoms with Crippen LogP contribution in [0.3, 0.4) is 0 Å². The molecule has 0 unspecified atom stereocenters. The average molecular weight is 358 g/mol. The Balaban J connectivity index is 1.65. The number of furan rings is 1. The van der Waals surface area contributed by atoms with Gasteiger partial charge in [-0.15, -0.1) is 0 Å². The molecule has 0 N–H and O–H groups in total. The quantitative estimate of drug-likeness (QED) is 0.502. The molecule has 4 aromatic rings. The zero-order valence-electron chi connectivity index (χ0n) is 14.4. The Morgan fingerprint density at radius 2 is 2.04 bits per heavy atom. The highest BCUT2D eigenvalue weighted by Gasteiger charge is 2.23. The molecule has 1 aliphatic heterocycles. The number of carbonyl (C=O) groups excluding carboxylic acids is 1. The van der Waals surface area contributed by atoms with Crippen LogP contribution in [0.25, 0.3) is 22.6 Å². The second kappa shape index (κ2) is 5.95. The first-order valence-corrected chi connectivity index (χ1v) is 8.45. The van der Waals surface area contributed by atoms with Crippen LogP contribution in [0.5, 0.6) is 0 Å². The number of fused-ring (bicyclic) bond motifs is 2. The molecule has 0 amide bonds. The predicted molar refractivity (Wildman–Crippen MR) is 99.4 cm³/mol. The maximum atomic E-state index is 12.0. The third kappa shape index (κ3) is 2.45. The lowest BCUT2D eigenvalue weighted by Gasteiger charge is -2.01. The number of carbonyl (C=O) groups is 1. The first-order valence-electron chi connectivity index (χ1n) is 8.45. The number of aliphatic imine (C=N–C) groups is 1. The van der Waals surface area contributed by atoms with Gasteiger partial charge in [0.1, 0.15) is 5.52 Å². The maximum absolute atomic E-state index is 12.0. The van der Waals surface area contributed by atoms with Crippen LogP contribution in [0.2, 0.25) is 0 Å². The van der Waals surface area contributed by atoms with E-state index in [9.17, 15) is 4.79 Å². The first kappa shape index (κ1) is 15.6. The number of methoxy groups -OCH3 is 1. The second-order valence-corrected chi connectivity index (χ2v) is 6.22. The van der Waals surface area contributed by atoms with Crippen molar-refractivity contribution in [3.05, 3.63) is 71.7 Å². The van der Waals surface area contributed by atoms with E-state index in [1.54, 1.807) is 30.7 Å². The number of nitrogens with zero attached hydrogens (tertiary/aromatic N) is 2. The number of hydrogen-bond donors (Lipinski definition) is 0. The molecule has 0 spiro atoms. The van der Waals surface area contributed by atoms with E-state index in [-0.39, 0.29) is 0 Å². The number of aromatic nitrogens is 1. The highest BCUT2D eigenvalue weighted by Crippen LogP contribution is 2.39. The van der Waals surface area contributed by atoms with Crippen LogP contribution in [0.4, 0.5) is 5.69 Å². The van der Waals surface area contributed by atoms with E-state index in [1.807, 2.05) is 24.3 Å². The summed E-state index contributed by atoms with van der Waals surface area (Å²) < 4.78 is 15.9. The Bertz CT molecular complexity index is 1200. The molecule has 0 bridgehead atoms. The minimum Gasteiger partial charge on any atom is -0.472 e. The highest BCUT2D eigenvalue weighted by atomic mass is 16.5. The predicted octanol–water partition coefficient (Wildman–Crippen LogP) is 4.55. The number of hydrogen-bond acceptors (Lipinski definition) is 6. The van der Waals surface area contributed by atoms with Crippen LogP contribution in [0, 0.1) is 0 Å². The molecule has 3 heterocycles. The summed E-state index contributed by atoms with van der Waals surface area (Å²) >= 11 is 0. The van der Waals surface area contributed by atoms with Crippen molar-refractivity contribution in [1.82, 2.24) is 4.98 Å². The van der Waals surface area contributed by atoms with Gasteiger partial charge in [0.25, 0.3) is 0 Å². The minimum absolute atomic E-state index is 0.375. The lowest BCUT2D eigenvalue weighted by atomic mass is 10.0. The molecule has 132 valence electrons. The highest BCUT2D eigenvalue weighted by molar-refractivity contribution is 6.08. The molecule has 0 saturated carbocycles. The summed E-state index contributed by atoms with van der Waals surface area (Å²) in [6, 6.07) is 13.0. The van der Waals surface area contributed by atoms with Crippen LogP contribution in [-0.4, -0.2) is 23.8 Å². The zero-order chi connectivity index (χ0) is 18.4. The monoisotopic (exact) mass is 358 g/mol. The van der Waals surface area contributed by atoms with Gasteiger partial charge in [-0.2, -0.15) is 0 Å². The first-order chi connectivity index (χ1) is 13.2. The number of benzene rings is 2. The average Bonchev–Trinajstić information content (AvgIpc) is 3.44. The summed E-state index contributed by atoms with van der Waals surface area (Å²) in [5, 5.41) is 0. The van der Waals surface area contributed by atoms with E-state index in [4.69, 9.17) is 18.6 Å². The van der Waals surface area contributed by atoms with Gasteiger partial charge in [-0.3, -0.25) is 4.99 Å². The summed E-state index contributed by atoms with van der Waals surface area (Å²) in [7, 11) is 1.35. The summed E-state index contributed by atoms with van der Waals surface area (Å²) in [6.45, 7) is 0. The molecule has 0 atom stereocenters. The number of ether oxygens (including phenoxy) is 1. The molecule has 5 rings (SSSR count). The third-order valence-corrected chi connectivity index (χ3v) is 4.63. The fourth-order valence-electron chi connectivity index (χ4n) is 3.33. The van der Waals surface area contributed by atoms with Gasteiger partial charge in [0, 0.05) is 12.0 Å². The third-order valence-electron chi connectivity index (χ3n) is 4.63. The molecular formula is C21H14N2O4. The van der Waals surface area contributed by atoms with E-state index < -0.39 is 5.97 Å². The number of oxazole rings is 1. The van der Waals surface area contributed by atoms with E-state index in [0.29, 0.717) is 22.6 Å². The van der Waals surface area contributed by atoms with Crippen molar-refractivity contribution in [3.63, 3.8) is 0 Å².